The highest BCUT2D eigenvalue weighted by molar-refractivity contribution is 7.80. The number of hydrogen-bond acceptors (Lipinski definition) is 4. The molecule has 0 radical (unpaired) electrons. The number of carbonyl (C=O) groups is 1. The molecule has 2 atom stereocenters. The van der Waals surface area contributed by atoms with Gasteiger partial charge in [-0.25, -0.2) is 13.2 Å². The second-order valence-electron chi connectivity index (χ2n) is 6.85. The average molecular weight is 426 g/mol. The molecule has 0 aromatic heterocycles. The van der Waals surface area contributed by atoms with E-state index >= 15 is 0 Å². The van der Waals surface area contributed by atoms with Crippen LogP contribution in [0.4, 0.5) is 18.9 Å². The smallest absolute Gasteiger partial charge is 0.254 e. The summed E-state index contributed by atoms with van der Waals surface area (Å²) in [7, 11) is 0. The highest BCUT2D eigenvalue weighted by Crippen LogP contribution is 2.20. The van der Waals surface area contributed by atoms with Crippen molar-refractivity contribution in [3.8, 4) is 0 Å². The Balaban J connectivity index is 1.63. The van der Waals surface area contributed by atoms with E-state index in [0.717, 1.165) is 6.07 Å². The Bertz CT molecular complexity index is 927. The van der Waals surface area contributed by atoms with E-state index in [1.807, 2.05) is 11.8 Å². The average Bonchev–Trinajstić information content (AvgIpc) is 2.66. The zero-order valence-corrected chi connectivity index (χ0v) is 16.3. The van der Waals surface area contributed by atoms with Crippen LogP contribution in [-0.2, 0) is 17.8 Å². The maximum Gasteiger partial charge on any atom is 0.254 e. The summed E-state index contributed by atoms with van der Waals surface area (Å²) >= 11 is -2.44. The molecule has 1 amide bonds. The largest absolute Gasteiger partial charge is 0.755 e. The Labute approximate surface area is 168 Å². The third-order valence-electron chi connectivity index (χ3n) is 4.79. The zero-order valence-electron chi connectivity index (χ0n) is 15.5. The van der Waals surface area contributed by atoms with E-state index in [9.17, 15) is 26.7 Å². The summed E-state index contributed by atoms with van der Waals surface area (Å²) < 4.78 is 63.8. The van der Waals surface area contributed by atoms with Crippen LogP contribution in [-0.4, -0.2) is 50.1 Å². The molecule has 0 spiro atoms. The van der Waals surface area contributed by atoms with Crippen LogP contribution in [0.15, 0.2) is 36.4 Å². The van der Waals surface area contributed by atoms with Crippen molar-refractivity contribution in [3.63, 3.8) is 0 Å². The summed E-state index contributed by atoms with van der Waals surface area (Å²) in [4.78, 5) is 16.3. The van der Waals surface area contributed by atoms with Gasteiger partial charge in [0.15, 0.2) is 11.6 Å². The fourth-order valence-electron chi connectivity index (χ4n) is 3.35. The molecule has 1 unspecified atom stereocenters. The number of benzene rings is 2. The second-order valence-corrected chi connectivity index (χ2v) is 7.53. The summed E-state index contributed by atoms with van der Waals surface area (Å²) in [5, 5.41) is 0. The molecule has 1 N–H and O–H groups in total. The minimum Gasteiger partial charge on any atom is -0.755 e. The topological polar surface area (TPSA) is 75.7 Å². The van der Waals surface area contributed by atoms with Gasteiger partial charge in [-0.15, -0.1) is 0 Å². The molecule has 0 aliphatic carbocycles. The Kier molecular flexibility index (Phi) is 6.56. The van der Waals surface area contributed by atoms with Crippen LogP contribution in [0, 0.1) is 17.5 Å². The highest BCUT2D eigenvalue weighted by atomic mass is 32.2. The molecule has 1 fully saturated rings. The van der Waals surface area contributed by atoms with E-state index < -0.39 is 28.7 Å². The van der Waals surface area contributed by atoms with Gasteiger partial charge in [0, 0.05) is 66.4 Å². The van der Waals surface area contributed by atoms with Crippen molar-refractivity contribution >= 4 is 22.9 Å². The van der Waals surface area contributed by atoms with Crippen molar-refractivity contribution in [1.29, 1.82) is 0 Å². The quantitative estimate of drug-likeness (QED) is 0.589. The van der Waals surface area contributed by atoms with Crippen LogP contribution in [0.2, 0.25) is 0 Å². The van der Waals surface area contributed by atoms with Crippen molar-refractivity contribution in [2.24, 2.45) is 0 Å². The lowest BCUT2D eigenvalue weighted by molar-refractivity contribution is 0.0473. The molecule has 10 heteroatoms. The van der Waals surface area contributed by atoms with Crippen molar-refractivity contribution in [1.82, 2.24) is 9.80 Å². The van der Waals surface area contributed by atoms with Gasteiger partial charge in [-0.2, -0.15) is 0 Å². The number of piperazine rings is 1. The molecule has 0 saturated carbocycles. The van der Waals surface area contributed by atoms with Crippen molar-refractivity contribution < 1.29 is 26.7 Å². The number of carbonyl (C=O) groups excluding carboxylic acids is 1. The molecule has 1 aliphatic heterocycles. The Morgan fingerprint density at radius 3 is 2.41 bits per heavy atom. The third kappa shape index (κ3) is 5.14. The molecular weight excluding hydrogens is 407 g/mol. The number of amides is 1. The first-order chi connectivity index (χ1) is 13.7. The van der Waals surface area contributed by atoms with E-state index in [0.29, 0.717) is 37.0 Å². The van der Waals surface area contributed by atoms with E-state index in [1.54, 1.807) is 4.90 Å². The standard InChI is InChI=1S/C19H20F3N3O3S/c1-12-10-24(11-14-8-17(21)18(22)9-16(14)20)6-7-25(12)19(26)13-2-4-15(5-3-13)23-29(27)28/h2-5,8-9,12,23H,6-7,10-11H2,1H3,(H,27,28)/p-1/t12-/m1/s1. The van der Waals surface area contributed by atoms with Gasteiger partial charge >= 0.3 is 0 Å². The second kappa shape index (κ2) is 8.93. The van der Waals surface area contributed by atoms with Gasteiger partial charge in [0.05, 0.1) is 0 Å². The predicted octanol–water partition coefficient (Wildman–Crippen LogP) is 2.66. The molecule has 1 heterocycles. The van der Waals surface area contributed by atoms with Crippen molar-refractivity contribution in [2.45, 2.75) is 19.5 Å². The predicted molar refractivity (Wildman–Crippen MR) is 101 cm³/mol. The summed E-state index contributed by atoms with van der Waals surface area (Å²) in [6.07, 6.45) is 0. The highest BCUT2D eigenvalue weighted by Gasteiger charge is 2.28. The lowest BCUT2D eigenvalue weighted by atomic mass is 10.1. The summed E-state index contributed by atoms with van der Waals surface area (Å²) in [5.74, 6) is -3.33. The van der Waals surface area contributed by atoms with E-state index in [2.05, 4.69) is 4.72 Å². The normalized spacial score (nSPS) is 18.5. The molecule has 156 valence electrons. The molecule has 1 saturated heterocycles. The van der Waals surface area contributed by atoms with Gasteiger partial charge in [0.25, 0.3) is 5.91 Å². The molecule has 2 aromatic carbocycles. The van der Waals surface area contributed by atoms with Crippen LogP contribution < -0.4 is 4.72 Å². The van der Waals surface area contributed by atoms with E-state index in [1.165, 1.54) is 24.3 Å². The van der Waals surface area contributed by atoms with Crippen molar-refractivity contribution in [3.05, 3.63) is 65.0 Å². The van der Waals surface area contributed by atoms with Gasteiger partial charge in [-0.1, -0.05) is 0 Å². The van der Waals surface area contributed by atoms with E-state index in [4.69, 9.17) is 0 Å². The van der Waals surface area contributed by atoms with Gasteiger partial charge in [-0.05, 0) is 37.3 Å². The Hall–Kier alpha value is -2.43. The first-order valence-electron chi connectivity index (χ1n) is 8.87. The van der Waals surface area contributed by atoms with Crippen LogP contribution in [0.25, 0.3) is 0 Å². The van der Waals surface area contributed by atoms with Gasteiger partial charge in [0.1, 0.15) is 5.82 Å². The zero-order chi connectivity index (χ0) is 21.1. The number of rotatable bonds is 5. The molecule has 2 aromatic rings. The van der Waals surface area contributed by atoms with E-state index in [-0.39, 0.29) is 24.1 Å². The molecule has 0 bridgehead atoms. The fourth-order valence-corrected chi connectivity index (χ4v) is 3.68. The molecule has 3 rings (SSSR count). The summed E-state index contributed by atoms with van der Waals surface area (Å²) in [6, 6.07) is 7.27. The molecule has 1 aliphatic rings. The number of nitrogens with zero attached hydrogens (tertiary/aromatic N) is 2. The van der Waals surface area contributed by atoms with Crippen LogP contribution >= 0.6 is 0 Å². The van der Waals surface area contributed by atoms with Crippen LogP contribution in [0.5, 0.6) is 0 Å². The maximum absolute atomic E-state index is 13.9. The minimum absolute atomic E-state index is 0.0646. The van der Waals surface area contributed by atoms with Crippen molar-refractivity contribution in [2.75, 3.05) is 24.4 Å². The number of halogens is 3. The Morgan fingerprint density at radius 2 is 1.79 bits per heavy atom. The number of hydrogen-bond donors (Lipinski definition) is 1. The summed E-state index contributed by atoms with van der Waals surface area (Å²) in [5.41, 5.74) is 0.829. The lowest BCUT2D eigenvalue weighted by Crippen LogP contribution is -2.53. The van der Waals surface area contributed by atoms with Crippen LogP contribution in [0.3, 0.4) is 0 Å². The monoisotopic (exact) mass is 426 g/mol. The third-order valence-corrected chi connectivity index (χ3v) is 5.19. The van der Waals surface area contributed by atoms with Crippen LogP contribution in [0.1, 0.15) is 22.8 Å². The summed E-state index contributed by atoms with van der Waals surface area (Å²) in [6.45, 7) is 3.24. The first kappa shape index (κ1) is 21.3. The maximum atomic E-state index is 13.9. The molecule has 6 nitrogen and oxygen atoms in total. The Morgan fingerprint density at radius 1 is 1.14 bits per heavy atom. The van der Waals surface area contributed by atoms with Gasteiger partial charge in [0.2, 0.25) is 0 Å². The van der Waals surface area contributed by atoms with Gasteiger partial charge in [-0.3, -0.25) is 13.9 Å². The first-order valence-corrected chi connectivity index (χ1v) is 9.95. The minimum atomic E-state index is -2.44. The SMILES string of the molecule is C[C@@H]1CN(Cc2cc(F)c(F)cc2F)CCN1C(=O)c1ccc(NS(=O)[O-])cc1. The number of nitrogens with one attached hydrogen (secondary N) is 1. The lowest BCUT2D eigenvalue weighted by Gasteiger charge is -2.40. The fraction of sp³-hybridized carbons (Fsp3) is 0.316. The molecule has 29 heavy (non-hydrogen) atoms. The van der Waals surface area contributed by atoms with Gasteiger partial charge < -0.3 is 14.2 Å². The number of anilines is 1. The molecular formula is C19H19F3N3O3S-.